The van der Waals surface area contributed by atoms with E-state index in [-0.39, 0.29) is 0 Å². The van der Waals surface area contributed by atoms with Gasteiger partial charge < -0.3 is 5.11 Å². The first-order valence-electron chi connectivity index (χ1n) is 6.75. The topological polar surface area (TPSA) is 37.3 Å². The molecule has 3 rings (SSSR count). The van der Waals surface area contributed by atoms with Crippen molar-refractivity contribution >= 4 is 29.2 Å². The summed E-state index contributed by atoms with van der Waals surface area (Å²) in [6, 6.07) is 13.3. The monoisotopic (exact) mass is 320 g/mol. The Labute approximate surface area is 133 Å². The van der Waals surface area contributed by atoms with E-state index in [2.05, 4.69) is 0 Å². The zero-order valence-corrected chi connectivity index (χ0v) is 12.8. The summed E-state index contributed by atoms with van der Waals surface area (Å²) in [5.74, 6) is -0.783. The van der Waals surface area contributed by atoms with Crippen LogP contribution in [0.25, 0.3) is 0 Å². The number of benzene rings is 2. The van der Waals surface area contributed by atoms with Gasteiger partial charge in [0.15, 0.2) is 0 Å². The average molecular weight is 321 g/mol. The highest BCUT2D eigenvalue weighted by molar-refractivity contribution is 6.42. The number of hydrogen-bond acceptors (Lipinski definition) is 1. The number of carboxylic acids is 1. The smallest absolute Gasteiger partial charge is 0.310 e. The van der Waals surface area contributed by atoms with Crippen molar-refractivity contribution in [3.8, 4) is 0 Å². The third kappa shape index (κ3) is 2.54. The lowest BCUT2D eigenvalue weighted by atomic mass is 9.79. The zero-order valence-electron chi connectivity index (χ0n) is 11.3. The van der Waals surface area contributed by atoms with E-state index in [1.807, 2.05) is 30.3 Å². The van der Waals surface area contributed by atoms with Gasteiger partial charge in [-0.15, -0.1) is 0 Å². The minimum Gasteiger partial charge on any atom is -0.481 e. The van der Waals surface area contributed by atoms with Gasteiger partial charge in [0.2, 0.25) is 0 Å². The Morgan fingerprint density at radius 2 is 1.67 bits per heavy atom. The fraction of sp³-hybridized carbons (Fsp3) is 0.235. The Balaban J connectivity index is 1.98. The minimum absolute atomic E-state index is 0.385. The molecule has 2 aromatic rings. The molecule has 2 nitrogen and oxygen atoms in total. The van der Waals surface area contributed by atoms with Gasteiger partial charge in [-0.3, -0.25) is 4.79 Å². The summed E-state index contributed by atoms with van der Waals surface area (Å²) < 4.78 is 0. The van der Waals surface area contributed by atoms with Crippen LogP contribution in [0.1, 0.15) is 16.7 Å². The van der Waals surface area contributed by atoms with Gasteiger partial charge in [-0.2, -0.15) is 0 Å². The Hall–Kier alpha value is -1.51. The lowest BCUT2D eigenvalue weighted by Crippen LogP contribution is -2.34. The van der Waals surface area contributed by atoms with Crippen LogP contribution in [0.15, 0.2) is 42.5 Å². The number of hydrogen-bond donors (Lipinski definition) is 1. The van der Waals surface area contributed by atoms with E-state index in [0.29, 0.717) is 29.3 Å². The number of carbonyl (C=O) groups is 1. The van der Waals surface area contributed by atoms with Gasteiger partial charge in [0.05, 0.1) is 15.5 Å². The molecule has 108 valence electrons. The number of carboxylic acid groups (broad SMARTS) is 1. The maximum atomic E-state index is 11.9. The Morgan fingerprint density at radius 3 is 2.24 bits per heavy atom. The third-order valence-electron chi connectivity index (χ3n) is 4.19. The Morgan fingerprint density at radius 1 is 1.05 bits per heavy atom. The molecule has 0 saturated carbocycles. The highest BCUT2D eigenvalue weighted by Gasteiger charge is 2.44. The van der Waals surface area contributed by atoms with Crippen molar-refractivity contribution in [2.24, 2.45) is 5.41 Å². The van der Waals surface area contributed by atoms with Gasteiger partial charge in [0.1, 0.15) is 0 Å². The molecule has 0 bridgehead atoms. The molecule has 0 spiro atoms. The van der Waals surface area contributed by atoms with Gasteiger partial charge in [0, 0.05) is 0 Å². The average Bonchev–Trinajstić information content (AvgIpc) is 2.83. The van der Waals surface area contributed by atoms with Crippen LogP contribution in [0.5, 0.6) is 0 Å². The van der Waals surface area contributed by atoms with Crippen molar-refractivity contribution in [3.05, 3.63) is 69.2 Å². The van der Waals surface area contributed by atoms with Gasteiger partial charge in [0.25, 0.3) is 0 Å². The molecule has 0 aromatic heterocycles. The predicted molar refractivity (Wildman–Crippen MR) is 84.1 cm³/mol. The maximum Gasteiger partial charge on any atom is 0.310 e. The Bertz CT molecular complexity index is 685. The normalized spacial score (nSPS) is 15.7. The van der Waals surface area contributed by atoms with Crippen LogP contribution < -0.4 is 0 Å². The van der Waals surface area contributed by atoms with E-state index in [1.165, 1.54) is 0 Å². The van der Waals surface area contributed by atoms with E-state index < -0.39 is 11.4 Å². The maximum absolute atomic E-state index is 11.9. The first-order chi connectivity index (χ1) is 10.0. The van der Waals surface area contributed by atoms with Crippen LogP contribution in [0, 0.1) is 5.41 Å². The number of rotatable bonds is 3. The highest BCUT2D eigenvalue weighted by atomic mass is 35.5. The number of fused-ring (bicyclic) bond motifs is 1. The summed E-state index contributed by atoms with van der Waals surface area (Å²) in [6.07, 6.45) is 1.44. The first-order valence-corrected chi connectivity index (χ1v) is 7.50. The molecular weight excluding hydrogens is 307 g/mol. The number of aliphatic carboxylic acids is 1. The molecule has 2 aromatic carbocycles. The lowest BCUT2D eigenvalue weighted by Gasteiger charge is -2.24. The summed E-state index contributed by atoms with van der Waals surface area (Å²) in [7, 11) is 0. The van der Waals surface area contributed by atoms with Gasteiger partial charge in [-0.25, -0.2) is 0 Å². The van der Waals surface area contributed by atoms with E-state index in [1.54, 1.807) is 12.1 Å². The van der Waals surface area contributed by atoms with E-state index in [9.17, 15) is 9.90 Å². The second-order valence-electron chi connectivity index (χ2n) is 5.60. The van der Waals surface area contributed by atoms with Gasteiger partial charge in [-0.1, -0.05) is 59.6 Å². The van der Waals surface area contributed by atoms with Crippen LogP contribution in [-0.4, -0.2) is 11.1 Å². The van der Waals surface area contributed by atoms with Crippen LogP contribution in [0.4, 0.5) is 0 Å². The summed E-state index contributed by atoms with van der Waals surface area (Å²) in [6.45, 7) is 0. The molecule has 1 aliphatic rings. The molecule has 0 unspecified atom stereocenters. The van der Waals surface area contributed by atoms with Crippen LogP contribution in [-0.2, 0) is 24.1 Å². The van der Waals surface area contributed by atoms with E-state index in [0.717, 1.165) is 16.7 Å². The molecule has 4 heteroatoms. The molecule has 0 amide bonds. The second kappa shape index (κ2) is 5.36. The molecular formula is C17H14Cl2O2. The predicted octanol–water partition coefficient (Wildman–Crippen LogP) is 4.41. The fourth-order valence-corrected chi connectivity index (χ4v) is 3.48. The Kier molecular flexibility index (Phi) is 3.68. The van der Waals surface area contributed by atoms with Crippen molar-refractivity contribution in [2.75, 3.05) is 0 Å². The molecule has 0 radical (unpaired) electrons. The third-order valence-corrected chi connectivity index (χ3v) is 5.05. The summed E-state index contributed by atoms with van der Waals surface area (Å²) >= 11 is 12.3. The molecule has 1 aliphatic carbocycles. The van der Waals surface area contributed by atoms with Crippen molar-refractivity contribution in [3.63, 3.8) is 0 Å². The summed E-state index contributed by atoms with van der Waals surface area (Å²) in [5, 5.41) is 10.7. The molecule has 0 aliphatic heterocycles. The van der Waals surface area contributed by atoms with Crippen molar-refractivity contribution in [1.29, 1.82) is 0 Å². The van der Waals surface area contributed by atoms with Gasteiger partial charge in [-0.05, 0) is 42.0 Å². The second-order valence-corrected chi connectivity index (χ2v) is 6.38. The quantitative estimate of drug-likeness (QED) is 0.909. The molecule has 21 heavy (non-hydrogen) atoms. The van der Waals surface area contributed by atoms with E-state index in [4.69, 9.17) is 23.2 Å². The molecule has 0 fully saturated rings. The molecule has 0 heterocycles. The fourth-order valence-electron chi connectivity index (χ4n) is 3.10. The number of halogens is 2. The zero-order chi connectivity index (χ0) is 15.0. The van der Waals surface area contributed by atoms with Crippen LogP contribution in [0.2, 0.25) is 10.0 Å². The summed E-state index contributed by atoms with van der Waals surface area (Å²) in [4.78, 5) is 11.9. The van der Waals surface area contributed by atoms with Crippen LogP contribution >= 0.6 is 23.2 Å². The largest absolute Gasteiger partial charge is 0.481 e. The molecule has 0 atom stereocenters. The molecule has 1 N–H and O–H groups in total. The summed E-state index contributed by atoms with van der Waals surface area (Å²) in [5.41, 5.74) is 2.17. The van der Waals surface area contributed by atoms with Crippen molar-refractivity contribution < 1.29 is 9.90 Å². The highest BCUT2D eigenvalue weighted by Crippen LogP contribution is 2.41. The van der Waals surface area contributed by atoms with Crippen molar-refractivity contribution in [1.82, 2.24) is 0 Å². The van der Waals surface area contributed by atoms with Gasteiger partial charge >= 0.3 is 5.97 Å². The molecule has 0 saturated heterocycles. The van der Waals surface area contributed by atoms with Crippen molar-refractivity contribution in [2.45, 2.75) is 19.3 Å². The SMILES string of the molecule is O=C(O)C1(Cc2cccc(Cl)c2Cl)Cc2ccccc2C1. The lowest BCUT2D eigenvalue weighted by molar-refractivity contribution is -0.148. The van der Waals surface area contributed by atoms with Crippen LogP contribution in [0.3, 0.4) is 0 Å². The van der Waals surface area contributed by atoms with E-state index >= 15 is 0 Å². The minimum atomic E-state index is -0.835. The first kappa shape index (κ1) is 14.4. The standard InChI is InChI=1S/C17H14Cl2O2/c18-14-7-3-6-13(15(14)19)10-17(16(20)21)8-11-4-1-2-5-12(11)9-17/h1-7H,8-10H2,(H,20,21).